The third kappa shape index (κ3) is 5.15. The molecule has 1 amide bonds. The second-order valence-electron chi connectivity index (χ2n) is 8.22. The van der Waals surface area contributed by atoms with Crippen molar-refractivity contribution < 1.29 is 14.3 Å². The van der Waals surface area contributed by atoms with Crippen molar-refractivity contribution in [2.45, 2.75) is 26.2 Å². The lowest BCUT2D eigenvalue weighted by Gasteiger charge is -2.13. The van der Waals surface area contributed by atoms with Crippen molar-refractivity contribution >= 4 is 22.8 Å². The molecule has 0 aliphatic rings. The first-order chi connectivity index (χ1) is 16.6. The Morgan fingerprint density at radius 2 is 1.68 bits per heavy atom. The van der Waals surface area contributed by atoms with E-state index in [-0.39, 0.29) is 5.91 Å². The maximum Gasteiger partial charge on any atom is 0.339 e. The van der Waals surface area contributed by atoms with E-state index in [1.54, 1.807) is 6.20 Å². The van der Waals surface area contributed by atoms with Gasteiger partial charge in [-0.05, 0) is 59.4 Å². The number of hydrogen-bond donors (Lipinski definition) is 1. The highest BCUT2D eigenvalue weighted by Gasteiger charge is 2.17. The number of amides is 1. The van der Waals surface area contributed by atoms with Gasteiger partial charge < -0.3 is 10.1 Å². The SMILES string of the molecule is CCCCNC(=O)c1ccc(-c2ccc3ncc(C(=O)OC)c(Cc4ccccc4)c3c2)cc1. The molecule has 34 heavy (non-hydrogen) atoms. The van der Waals surface area contributed by atoms with Crippen LogP contribution < -0.4 is 5.32 Å². The van der Waals surface area contributed by atoms with Crippen LogP contribution in [0.1, 0.15) is 51.6 Å². The molecule has 172 valence electrons. The first-order valence-electron chi connectivity index (χ1n) is 11.5. The first kappa shape index (κ1) is 23.2. The molecule has 0 saturated heterocycles. The highest BCUT2D eigenvalue weighted by molar-refractivity contribution is 5.99. The quantitative estimate of drug-likeness (QED) is 0.271. The number of unbranched alkanes of at least 4 members (excludes halogenated alkanes) is 1. The standard InChI is InChI=1S/C29H28N2O3/c1-3-4-16-30-28(32)22-12-10-21(11-13-22)23-14-15-27-25(18-23)24(17-20-8-6-5-7-9-20)26(19-31-27)29(33)34-2/h5-15,18-19H,3-4,16-17H2,1-2H3,(H,30,32). The summed E-state index contributed by atoms with van der Waals surface area (Å²) in [5.41, 5.74) is 5.88. The molecule has 0 radical (unpaired) electrons. The van der Waals surface area contributed by atoms with Crippen LogP contribution in [0.25, 0.3) is 22.0 Å². The zero-order valence-electron chi connectivity index (χ0n) is 19.5. The number of pyridine rings is 1. The van der Waals surface area contributed by atoms with Crippen molar-refractivity contribution in [2.75, 3.05) is 13.7 Å². The minimum atomic E-state index is -0.399. The summed E-state index contributed by atoms with van der Waals surface area (Å²) in [5.74, 6) is -0.459. The molecule has 0 unspecified atom stereocenters. The highest BCUT2D eigenvalue weighted by Crippen LogP contribution is 2.29. The number of carbonyl (C=O) groups excluding carboxylic acids is 2. The van der Waals surface area contributed by atoms with E-state index >= 15 is 0 Å². The average molecular weight is 453 g/mol. The Labute approximate surface area is 199 Å². The van der Waals surface area contributed by atoms with E-state index in [1.807, 2.05) is 66.7 Å². The van der Waals surface area contributed by atoms with Crippen molar-refractivity contribution in [2.24, 2.45) is 0 Å². The number of nitrogens with one attached hydrogen (secondary N) is 1. The van der Waals surface area contributed by atoms with Gasteiger partial charge in [0, 0.05) is 23.7 Å². The minimum Gasteiger partial charge on any atom is -0.465 e. The molecule has 4 rings (SSSR count). The van der Waals surface area contributed by atoms with Gasteiger partial charge in [-0.15, -0.1) is 0 Å². The highest BCUT2D eigenvalue weighted by atomic mass is 16.5. The first-order valence-corrected chi connectivity index (χ1v) is 11.5. The smallest absolute Gasteiger partial charge is 0.339 e. The van der Waals surface area contributed by atoms with E-state index in [2.05, 4.69) is 23.3 Å². The predicted molar refractivity (Wildman–Crippen MR) is 135 cm³/mol. The summed E-state index contributed by atoms with van der Waals surface area (Å²) in [4.78, 5) is 29.4. The van der Waals surface area contributed by atoms with Crippen LogP contribution in [-0.2, 0) is 11.2 Å². The average Bonchev–Trinajstić information content (AvgIpc) is 2.89. The zero-order valence-corrected chi connectivity index (χ0v) is 19.5. The van der Waals surface area contributed by atoms with Crippen LogP contribution in [0.5, 0.6) is 0 Å². The zero-order chi connectivity index (χ0) is 23.9. The summed E-state index contributed by atoms with van der Waals surface area (Å²) in [6.07, 6.45) is 4.19. The summed E-state index contributed by atoms with van der Waals surface area (Å²) in [7, 11) is 1.38. The van der Waals surface area contributed by atoms with Crippen LogP contribution in [0.3, 0.4) is 0 Å². The molecule has 1 N–H and O–H groups in total. The van der Waals surface area contributed by atoms with Crippen molar-refractivity contribution in [3.63, 3.8) is 0 Å². The molecule has 0 fully saturated rings. The van der Waals surface area contributed by atoms with Crippen molar-refractivity contribution in [1.82, 2.24) is 10.3 Å². The summed E-state index contributed by atoms with van der Waals surface area (Å²) < 4.78 is 5.03. The molecule has 5 heteroatoms. The van der Waals surface area contributed by atoms with E-state index in [4.69, 9.17) is 4.74 Å². The fraction of sp³-hybridized carbons (Fsp3) is 0.207. The van der Waals surface area contributed by atoms with Gasteiger partial charge in [-0.1, -0.05) is 61.9 Å². The maximum absolute atomic E-state index is 12.5. The molecular weight excluding hydrogens is 424 g/mol. The lowest BCUT2D eigenvalue weighted by molar-refractivity contribution is 0.0599. The van der Waals surface area contributed by atoms with Crippen LogP contribution >= 0.6 is 0 Å². The summed E-state index contributed by atoms with van der Waals surface area (Å²) in [6.45, 7) is 2.78. The van der Waals surface area contributed by atoms with Crippen LogP contribution in [0.4, 0.5) is 0 Å². The number of carbonyl (C=O) groups is 2. The van der Waals surface area contributed by atoms with Crippen LogP contribution in [-0.4, -0.2) is 30.5 Å². The van der Waals surface area contributed by atoms with Gasteiger partial charge in [0.2, 0.25) is 0 Å². The second kappa shape index (κ2) is 10.8. The number of methoxy groups -OCH3 is 1. The molecule has 0 saturated carbocycles. The number of benzene rings is 3. The Morgan fingerprint density at radius 3 is 2.38 bits per heavy atom. The fourth-order valence-electron chi connectivity index (χ4n) is 4.00. The normalized spacial score (nSPS) is 10.8. The number of aromatic nitrogens is 1. The molecule has 1 aromatic heterocycles. The fourth-order valence-corrected chi connectivity index (χ4v) is 4.00. The van der Waals surface area contributed by atoms with Crippen molar-refractivity contribution in [1.29, 1.82) is 0 Å². The number of ether oxygens (including phenoxy) is 1. The summed E-state index contributed by atoms with van der Waals surface area (Å²) in [6, 6.07) is 23.6. The van der Waals surface area contributed by atoms with E-state index in [9.17, 15) is 9.59 Å². The Balaban J connectivity index is 1.72. The third-order valence-electron chi connectivity index (χ3n) is 5.90. The molecule has 3 aromatic carbocycles. The van der Waals surface area contributed by atoms with Gasteiger partial charge >= 0.3 is 5.97 Å². The number of hydrogen-bond acceptors (Lipinski definition) is 4. The molecule has 0 spiro atoms. The van der Waals surface area contributed by atoms with Gasteiger partial charge in [0.15, 0.2) is 0 Å². The largest absolute Gasteiger partial charge is 0.465 e. The Morgan fingerprint density at radius 1 is 0.941 bits per heavy atom. The predicted octanol–water partition coefficient (Wildman–Crippen LogP) is 5.81. The minimum absolute atomic E-state index is 0.0596. The maximum atomic E-state index is 12.5. The van der Waals surface area contributed by atoms with Crippen LogP contribution in [0.15, 0.2) is 79.0 Å². The molecule has 0 aliphatic heterocycles. The van der Waals surface area contributed by atoms with Gasteiger partial charge in [-0.25, -0.2) is 4.79 Å². The lowest BCUT2D eigenvalue weighted by atomic mass is 9.94. The Kier molecular flexibility index (Phi) is 7.33. The molecule has 1 heterocycles. The van der Waals surface area contributed by atoms with Gasteiger partial charge in [-0.2, -0.15) is 0 Å². The lowest BCUT2D eigenvalue weighted by Crippen LogP contribution is -2.24. The Hall–Kier alpha value is -3.99. The van der Waals surface area contributed by atoms with E-state index in [0.29, 0.717) is 24.1 Å². The van der Waals surface area contributed by atoms with Gasteiger partial charge in [0.05, 0.1) is 18.2 Å². The summed E-state index contributed by atoms with van der Waals surface area (Å²) in [5, 5.41) is 3.85. The van der Waals surface area contributed by atoms with Gasteiger partial charge in [0.25, 0.3) is 5.91 Å². The monoisotopic (exact) mass is 452 g/mol. The number of rotatable bonds is 8. The third-order valence-corrected chi connectivity index (χ3v) is 5.90. The topological polar surface area (TPSA) is 68.3 Å². The molecule has 0 bridgehead atoms. The van der Waals surface area contributed by atoms with E-state index in [1.165, 1.54) is 7.11 Å². The van der Waals surface area contributed by atoms with Gasteiger partial charge in [0.1, 0.15) is 0 Å². The van der Waals surface area contributed by atoms with Gasteiger partial charge in [-0.3, -0.25) is 9.78 Å². The molecule has 0 aliphatic carbocycles. The van der Waals surface area contributed by atoms with Crippen molar-refractivity contribution in [3.8, 4) is 11.1 Å². The molecular formula is C29H28N2O3. The summed E-state index contributed by atoms with van der Waals surface area (Å²) >= 11 is 0. The molecule has 0 atom stereocenters. The Bertz CT molecular complexity index is 1300. The number of esters is 1. The van der Waals surface area contributed by atoms with Crippen LogP contribution in [0, 0.1) is 0 Å². The number of fused-ring (bicyclic) bond motifs is 1. The molecule has 4 aromatic rings. The van der Waals surface area contributed by atoms with E-state index < -0.39 is 5.97 Å². The van der Waals surface area contributed by atoms with Crippen LogP contribution in [0.2, 0.25) is 0 Å². The number of nitrogens with zero attached hydrogens (tertiary/aromatic N) is 1. The molecule has 5 nitrogen and oxygen atoms in total. The van der Waals surface area contributed by atoms with E-state index in [0.717, 1.165) is 46.0 Å². The second-order valence-corrected chi connectivity index (χ2v) is 8.22. The van der Waals surface area contributed by atoms with Crippen molar-refractivity contribution in [3.05, 3.63) is 101 Å².